The van der Waals surface area contributed by atoms with Crippen LogP contribution in [-0.2, 0) is 17.9 Å². The number of anilines is 1. The van der Waals surface area contributed by atoms with Gasteiger partial charge in [0, 0.05) is 17.8 Å². The number of rotatable bonds is 8. The first-order valence-corrected chi connectivity index (χ1v) is 9.44. The molecule has 2 aromatic carbocycles. The van der Waals surface area contributed by atoms with Crippen molar-refractivity contribution in [3.63, 3.8) is 0 Å². The first kappa shape index (κ1) is 20.4. The fourth-order valence-corrected chi connectivity index (χ4v) is 2.61. The SMILES string of the molecule is CC(C)OCc1ccc(CNC(=O)c2ccc(NC(=O)c3ccco3)cc2)cc1. The van der Waals surface area contributed by atoms with Crippen molar-refractivity contribution in [1.29, 1.82) is 0 Å². The van der Waals surface area contributed by atoms with E-state index in [1.807, 2.05) is 38.1 Å². The lowest BCUT2D eigenvalue weighted by Crippen LogP contribution is -2.22. The molecule has 0 aliphatic rings. The highest BCUT2D eigenvalue weighted by Gasteiger charge is 2.10. The van der Waals surface area contributed by atoms with E-state index in [1.54, 1.807) is 36.4 Å². The second kappa shape index (κ2) is 9.71. The van der Waals surface area contributed by atoms with Crippen LogP contribution in [0, 0.1) is 0 Å². The summed E-state index contributed by atoms with van der Waals surface area (Å²) in [7, 11) is 0. The number of benzene rings is 2. The molecule has 1 aromatic heterocycles. The molecule has 3 aromatic rings. The number of ether oxygens (including phenoxy) is 1. The molecular weight excluding hydrogens is 368 g/mol. The summed E-state index contributed by atoms with van der Waals surface area (Å²) in [6.45, 7) is 5.02. The first-order valence-electron chi connectivity index (χ1n) is 9.44. The van der Waals surface area contributed by atoms with E-state index in [0.29, 0.717) is 24.4 Å². The Bertz CT molecular complexity index is 930. The zero-order chi connectivity index (χ0) is 20.6. The first-order chi connectivity index (χ1) is 14.0. The number of furan rings is 1. The highest BCUT2D eigenvalue weighted by Crippen LogP contribution is 2.12. The van der Waals surface area contributed by atoms with E-state index in [0.717, 1.165) is 11.1 Å². The molecule has 0 atom stereocenters. The third-order valence-corrected chi connectivity index (χ3v) is 4.21. The van der Waals surface area contributed by atoms with Crippen molar-refractivity contribution in [3.8, 4) is 0 Å². The monoisotopic (exact) mass is 392 g/mol. The van der Waals surface area contributed by atoms with Crippen LogP contribution in [0.3, 0.4) is 0 Å². The van der Waals surface area contributed by atoms with Gasteiger partial charge in [0.25, 0.3) is 11.8 Å². The van der Waals surface area contributed by atoms with Crippen molar-refractivity contribution >= 4 is 17.5 Å². The Morgan fingerprint density at radius 3 is 2.24 bits per heavy atom. The molecule has 3 rings (SSSR count). The van der Waals surface area contributed by atoms with Gasteiger partial charge in [-0.3, -0.25) is 9.59 Å². The Hall–Kier alpha value is -3.38. The number of amides is 2. The fourth-order valence-electron chi connectivity index (χ4n) is 2.61. The van der Waals surface area contributed by atoms with Crippen LogP contribution in [0.25, 0.3) is 0 Å². The van der Waals surface area contributed by atoms with Gasteiger partial charge in [-0.15, -0.1) is 0 Å². The Morgan fingerprint density at radius 2 is 1.62 bits per heavy atom. The lowest BCUT2D eigenvalue weighted by atomic mass is 10.1. The normalized spacial score (nSPS) is 10.7. The number of hydrogen-bond acceptors (Lipinski definition) is 4. The van der Waals surface area contributed by atoms with Crippen LogP contribution < -0.4 is 10.6 Å². The molecule has 1 heterocycles. The summed E-state index contributed by atoms with van der Waals surface area (Å²) in [6, 6.07) is 17.9. The quantitative estimate of drug-likeness (QED) is 0.596. The van der Waals surface area contributed by atoms with E-state index in [2.05, 4.69) is 10.6 Å². The van der Waals surface area contributed by atoms with Crippen molar-refractivity contribution in [2.45, 2.75) is 33.1 Å². The van der Waals surface area contributed by atoms with Gasteiger partial charge < -0.3 is 19.8 Å². The minimum Gasteiger partial charge on any atom is -0.459 e. The molecule has 29 heavy (non-hydrogen) atoms. The molecule has 0 aliphatic carbocycles. The van der Waals surface area contributed by atoms with E-state index in [9.17, 15) is 9.59 Å². The minimum absolute atomic E-state index is 0.180. The second-order valence-corrected chi connectivity index (χ2v) is 6.87. The molecule has 2 amide bonds. The van der Waals surface area contributed by atoms with Crippen LogP contribution in [0.5, 0.6) is 0 Å². The van der Waals surface area contributed by atoms with Gasteiger partial charge in [0.1, 0.15) is 0 Å². The lowest BCUT2D eigenvalue weighted by Gasteiger charge is -2.09. The third-order valence-electron chi connectivity index (χ3n) is 4.21. The molecule has 0 radical (unpaired) electrons. The molecule has 6 nitrogen and oxygen atoms in total. The molecule has 2 N–H and O–H groups in total. The van der Waals surface area contributed by atoms with Crippen LogP contribution in [0.1, 0.15) is 45.9 Å². The Labute approximate surface area is 169 Å². The maximum atomic E-state index is 12.3. The van der Waals surface area contributed by atoms with Gasteiger partial charge in [-0.1, -0.05) is 24.3 Å². The molecule has 0 saturated heterocycles. The average Bonchev–Trinajstić information content (AvgIpc) is 3.27. The molecule has 0 saturated carbocycles. The van der Waals surface area contributed by atoms with Crippen LogP contribution in [0.2, 0.25) is 0 Å². The standard InChI is InChI=1S/C23H24N2O4/c1-16(2)29-15-18-7-5-17(6-8-18)14-24-22(26)19-9-11-20(12-10-19)25-23(27)21-4-3-13-28-21/h3-13,16H,14-15H2,1-2H3,(H,24,26)(H,25,27). The topological polar surface area (TPSA) is 80.6 Å². The molecule has 0 spiro atoms. The molecule has 150 valence electrons. The molecule has 6 heteroatoms. The fraction of sp³-hybridized carbons (Fsp3) is 0.217. The van der Waals surface area contributed by atoms with Crippen LogP contribution in [0.15, 0.2) is 71.3 Å². The van der Waals surface area contributed by atoms with Gasteiger partial charge in [-0.2, -0.15) is 0 Å². The smallest absolute Gasteiger partial charge is 0.291 e. The predicted octanol–water partition coefficient (Wildman–Crippen LogP) is 4.39. The number of carbonyl (C=O) groups excluding carboxylic acids is 2. The summed E-state index contributed by atoms with van der Waals surface area (Å²) in [6.07, 6.45) is 1.63. The van der Waals surface area contributed by atoms with E-state index in [1.165, 1.54) is 6.26 Å². The van der Waals surface area contributed by atoms with Crippen molar-refractivity contribution in [2.24, 2.45) is 0 Å². The highest BCUT2D eigenvalue weighted by molar-refractivity contribution is 6.02. The van der Waals surface area contributed by atoms with Crippen LogP contribution in [0.4, 0.5) is 5.69 Å². The largest absolute Gasteiger partial charge is 0.459 e. The van der Waals surface area contributed by atoms with Gasteiger partial charge in [0.05, 0.1) is 19.0 Å². The summed E-state index contributed by atoms with van der Waals surface area (Å²) in [4.78, 5) is 24.3. The van der Waals surface area contributed by atoms with Gasteiger partial charge in [-0.05, 0) is 61.4 Å². The number of carbonyl (C=O) groups is 2. The molecule has 0 bridgehead atoms. The van der Waals surface area contributed by atoms with E-state index >= 15 is 0 Å². The maximum absolute atomic E-state index is 12.3. The van der Waals surface area contributed by atoms with Gasteiger partial charge in [0.2, 0.25) is 0 Å². The second-order valence-electron chi connectivity index (χ2n) is 6.87. The highest BCUT2D eigenvalue weighted by atomic mass is 16.5. The predicted molar refractivity (Wildman–Crippen MR) is 111 cm³/mol. The zero-order valence-corrected chi connectivity index (χ0v) is 16.5. The summed E-state index contributed by atoms with van der Waals surface area (Å²) >= 11 is 0. The van der Waals surface area contributed by atoms with Crippen molar-refractivity contribution in [3.05, 3.63) is 89.4 Å². The average molecular weight is 392 g/mol. The summed E-state index contributed by atoms with van der Waals surface area (Å²) < 4.78 is 10.6. The van der Waals surface area contributed by atoms with Crippen LogP contribution in [-0.4, -0.2) is 17.9 Å². The number of nitrogens with one attached hydrogen (secondary N) is 2. The van der Waals surface area contributed by atoms with Gasteiger partial charge >= 0.3 is 0 Å². The van der Waals surface area contributed by atoms with Gasteiger partial charge in [0.15, 0.2) is 5.76 Å². The Kier molecular flexibility index (Phi) is 6.81. The lowest BCUT2D eigenvalue weighted by molar-refractivity contribution is 0.0657. The maximum Gasteiger partial charge on any atom is 0.291 e. The molecule has 0 aliphatic heterocycles. The van der Waals surface area contributed by atoms with E-state index < -0.39 is 0 Å². The summed E-state index contributed by atoms with van der Waals surface area (Å²) in [5.41, 5.74) is 3.21. The van der Waals surface area contributed by atoms with Crippen molar-refractivity contribution in [1.82, 2.24) is 5.32 Å². The van der Waals surface area contributed by atoms with E-state index in [4.69, 9.17) is 9.15 Å². The molecule has 0 fully saturated rings. The van der Waals surface area contributed by atoms with Crippen molar-refractivity contribution in [2.75, 3.05) is 5.32 Å². The summed E-state index contributed by atoms with van der Waals surface area (Å²) in [5.74, 6) is -0.288. The zero-order valence-electron chi connectivity index (χ0n) is 16.5. The Morgan fingerprint density at radius 1 is 0.931 bits per heavy atom. The molecular formula is C23H24N2O4. The van der Waals surface area contributed by atoms with Gasteiger partial charge in [-0.25, -0.2) is 0 Å². The van der Waals surface area contributed by atoms with Crippen molar-refractivity contribution < 1.29 is 18.7 Å². The summed E-state index contributed by atoms with van der Waals surface area (Å²) in [5, 5.41) is 5.61. The minimum atomic E-state index is -0.338. The van der Waals surface area contributed by atoms with E-state index in [-0.39, 0.29) is 23.7 Å². The third kappa shape index (κ3) is 6.05. The molecule has 0 unspecified atom stereocenters. The number of hydrogen-bond donors (Lipinski definition) is 2. The Balaban J connectivity index is 1.49. The van der Waals surface area contributed by atoms with Crippen LogP contribution >= 0.6 is 0 Å².